The monoisotopic (exact) mass is 1040 g/mol. The van der Waals surface area contributed by atoms with Gasteiger partial charge in [0, 0.05) is 12.8 Å². The normalized spacial score (nSPS) is 14.6. The summed E-state index contributed by atoms with van der Waals surface area (Å²) in [5.41, 5.74) is 0. The molecule has 0 spiro atoms. The average Bonchev–Trinajstić information content (AvgIpc) is 3.36. The van der Waals surface area contributed by atoms with E-state index in [1.54, 1.807) is 0 Å². The number of phosphoric acid groups is 1. The van der Waals surface area contributed by atoms with Crippen LogP contribution in [0.5, 0.6) is 0 Å². The second-order valence-electron chi connectivity index (χ2n) is 18.8. The standard InChI is InChI=1S/C64H100NO8P/c1-6-8-10-12-14-16-18-20-22-24-26-28-30-31-32-33-35-37-39-41-43-45-47-49-51-53-55-57-64(67)73-62(61-72-74(68,69)71-59-58-65(3,4)5)60-70-63(66)56-54-52-50-48-46-44-42-40-38-36-34-29-27-25-23-21-19-17-15-13-11-9-7-2/h8-11,14-17,20-23,26-29,31-32,35-38,41-44,48,50,62H,6-7,12-13,18-19,24-25,30,33-34,39-40,45-47,49,51-61H2,1-5H3/p+1/b10-8-,11-9-,16-14-,17-15-,22-20-,23-21-,28-26-,29-27-,32-31-,37-35-,38-36-,43-41-,44-42-,50-48-. The molecule has 9 nitrogen and oxygen atoms in total. The van der Waals surface area contributed by atoms with Crippen molar-refractivity contribution in [2.24, 2.45) is 0 Å². The molecule has 414 valence electrons. The molecule has 2 atom stereocenters. The van der Waals surface area contributed by atoms with Crippen LogP contribution in [0.1, 0.15) is 168 Å². The lowest BCUT2D eigenvalue weighted by atomic mass is 10.1. The molecule has 0 aromatic carbocycles. The van der Waals surface area contributed by atoms with Crippen LogP contribution in [0.25, 0.3) is 0 Å². The fourth-order valence-corrected chi connectivity index (χ4v) is 7.25. The molecule has 2 unspecified atom stereocenters. The number of esters is 2. The maximum Gasteiger partial charge on any atom is 0.472 e. The third-order valence-electron chi connectivity index (χ3n) is 10.7. The Morgan fingerprint density at radius 2 is 0.743 bits per heavy atom. The number of carbonyl (C=O) groups is 2. The van der Waals surface area contributed by atoms with Crippen molar-refractivity contribution >= 4 is 19.8 Å². The molecule has 0 saturated carbocycles. The molecule has 0 bridgehead atoms. The van der Waals surface area contributed by atoms with Crippen molar-refractivity contribution in [2.75, 3.05) is 47.5 Å². The molecule has 0 aliphatic heterocycles. The van der Waals surface area contributed by atoms with Gasteiger partial charge in [-0.15, -0.1) is 0 Å². The van der Waals surface area contributed by atoms with E-state index in [-0.39, 0.29) is 26.1 Å². The second-order valence-corrected chi connectivity index (χ2v) is 20.3. The first kappa shape index (κ1) is 69.4. The van der Waals surface area contributed by atoms with Gasteiger partial charge in [0.2, 0.25) is 0 Å². The highest BCUT2D eigenvalue weighted by Gasteiger charge is 2.27. The van der Waals surface area contributed by atoms with Gasteiger partial charge >= 0.3 is 19.8 Å². The van der Waals surface area contributed by atoms with E-state index in [1.807, 2.05) is 21.1 Å². The van der Waals surface area contributed by atoms with E-state index in [0.29, 0.717) is 23.9 Å². The summed E-state index contributed by atoms with van der Waals surface area (Å²) in [5, 5.41) is 0. The van der Waals surface area contributed by atoms with Gasteiger partial charge in [0.05, 0.1) is 27.7 Å². The first-order chi connectivity index (χ1) is 36.0. The minimum absolute atomic E-state index is 0.00711. The van der Waals surface area contributed by atoms with Crippen molar-refractivity contribution in [2.45, 2.75) is 174 Å². The fourth-order valence-electron chi connectivity index (χ4n) is 6.51. The molecule has 10 heteroatoms. The summed E-state index contributed by atoms with van der Waals surface area (Å²) in [7, 11) is 1.40. The van der Waals surface area contributed by atoms with Crippen LogP contribution >= 0.6 is 7.82 Å². The quantitative estimate of drug-likeness (QED) is 0.0211. The molecule has 0 aromatic rings. The Morgan fingerprint density at radius 1 is 0.419 bits per heavy atom. The number of hydrogen-bond donors (Lipinski definition) is 1. The molecule has 0 saturated heterocycles. The summed E-state index contributed by atoms with van der Waals surface area (Å²) in [6.45, 7) is 4.07. The van der Waals surface area contributed by atoms with Gasteiger partial charge in [-0.3, -0.25) is 18.6 Å². The van der Waals surface area contributed by atoms with E-state index >= 15 is 0 Å². The first-order valence-electron chi connectivity index (χ1n) is 27.9. The molecule has 0 aliphatic carbocycles. The average molecular weight is 1040 g/mol. The number of unbranched alkanes of at least 4 members (excludes halogenated alkanes) is 6. The maximum absolute atomic E-state index is 12.8. The minimum atomic E-state index is -4.42. The highest BCUT2D eigenvalue weighted by molar-refractivity contribution is 7.47. The van der Waals surface area contributed by atoms with Gasteiger partial charge in [0.1, 0.15) is 19.8 Å². The number of allylic oxidation sites excluding steroid dienone is 28. The summed E-state index contributed by atoms with van der Waals surface area (Å²) < 4.78 is 34.4. The number of carbonyl (C=O) groups excluding carboxylic acids is 2. The van der Waals surface area contributed by atoms with Crippen LogP contribution in [-0.2, 0) is 32.7 Å². The fraction of sp³-hybridized carbons (Fsp3) is 0.531. The van der Waals surface area contributed by atoms with Crippen molar-refractivity contribution in [3.63, 3.8) is 0 Å². The zero-order valence-electron chi connectivity index (χ0n) is 46.7. The summed E-state index contributed by atoms with van der Waals surface area (Å²) in [6.07, 6.45) is 81.3. The molecule has 0 aliphatic rings. The molecule has 0 fully saturated rings. The first-order valence-corrected chi connectivity index (χ1v) is 29.4. The number of ether oxygens (including phenoxy) is 2. The lowest BCUT2D eigenvalue weighted by Gasteiger charge is -2.24. The van der Waals surface area contributed by atoms with E-state index < -0.39 is 32.5 Å². The van der Waals surface area contributed by atoms with Crippen molar-refractivity contribution in [1.29, 1.82) is 0 Å². The Morgan fingerprint density at radius 3 is 1.12 bits per heavy atom. The number of nitrogens with zero attached hydrogens (tertiary/aromatic N) is 1. The molecule has 0 aromatic heterocycles. The largest absolute Gasteiger partial charge is 0.472 e. The van der Waals surface area contributed by atoms with Crippen molar-refractivity contribution in [3.8, 4) is 0 Å². The highest BCUT2D eigenvalue weighted by Crippen LogP contribution is 2.43. The van der Waals surface area contributed by atoms with Crippen LogP contribution in [0.4, 0.5) is 0 Å². The minimum Gasteiger partial charge on any atom is -0.462 e. The van der Waals surface area contributed by atoms with E-state index in [4.69, 9.17) is 18.5 Å². The van der Waals surface area contributed by atoms with Crippen LogP contribution in [0, 0.1) is 0 Å². The van der Waals surface area contributed by atoms with Crippen LogP contribution in [0.3, 0.4) is 0 Å². The Hall–Kier alpha value is -4.63. The molecule has 74 heavy (non-hydrogen) atoms. The SMILES string of the molecule is CC/C=C\C/C=C\C/C=C\C/C=C\C/C=C\C/C=C\C/C=C\CCCCCCCC(=O)OC(COC(=O)CCC/C=C\C/C=C\C/C=C\C/C=C\C/C=C\C/C=C\C/C=C\CC)COP(=O)(O)OCC[N+](C)(C)C. The summed E-state index contributed by atoms with van der Waals surface area (Å²) in [6, 6.07) is 0. The predicted octanol–water partition coefficient (Wildman–Crippen LogP) is 17.5. The Labute approximate surface area is 451 Å². The van der Waals surface area contributed by atoms with Crippen molar-refractivity contribution in [1.82, 2.24) is 0 Å². The molecule has 0 radical (unpaired) electrons. The molecule has 0 amide bonds. The lowest BCUT2D eigenvalue weighted by Crippen LogP contribution is -2.37. The van der Waals surface area contributed by atoms with E-state index in [0.717, 1.165) is 128 Å². The molecule has 0 heterocycles. The molecule has 0 rings (SSSR count). The summed E-state index contributed by atoms with van der Waals surface area (Å²) in [5.74, 6) is -0.908. The zero-order valence-corrected chi connectivity index (χ0v) is 47.6. The molecular weight excluding hydrogens is 942 g/mol. The molecular formula is C64H101NO8P+. The van der Waals surface area contributed by atoms with E-state index in [2.05, 4.69) is 184 Å². The van der Waals surface area contributed by atoms with Gasteiger partial charge in [-0.25, -0.2) is 4.57 Å². The Balaban J connectivity index is 4.41. The van der Waals surface area contributed by atoms with Crippen molar-refractivity contribution in [3.05, 3.63) is 170 Å². The molecule has 1 N–H and O–H groups in total. The second kappa shape index (κ2) is 53.2. The summed E-state index contributed by atoms with van der Waals surface area (Å²) in [4.78, 5) is 35.6. The van der Waals surface area contributed by atoms with Crippen LogP contribution < -0.4 is 0 Å². The number of likely N-dealkylation sites (N-methyl/N-ethyl adjacent to an activating group) is 1. The van der Waals surface area contributed by atoms with Gasteiger partial charge in [-0.05, 0) is 122 Å². The smallest absolute Gasteiger partial charge is 0.462 e. The van der Waals surface area contributed by atoms with Crippen molar-refractivity contribution < 1.29 is 42.1 Å². The van der Waals surface area contributed by atoms with Gasteiger partial charge in [-0.1, -0.05) is 203 Å². The Bertz CT molecular complexity index is 1850. The predicted molar refractivity (Wildman–Crippen MR) is 316 cm³/mol. The van der Waals surface area contributed by atoms with Crippen LogP contribution in [0.15, 0.2) is 170 Å². The van der Waals surface area contributed by atoms with Crippen LogP contribution in [-0.4, -0.2) is 74.9 Å². The number of quaternary nitrogens is 1. The maximum atomic E-state index is 12.8. The van der Waals surface area contributed by atoms with Gasteiger partial charge in [-0.2, -0.15) is 0 Å². The topological polar surface area (TPSA) is 108 Å². The third kappa shape index (κ3) is 56.7. The number of phosphoric ester groups is 1. The summed E-state index contributed by atoms with van der Waals surface area (Å²) >= 11 is 0. The Kier molecular flexibility index (Phi) is 49.9. The van der Waals surface area contributed by atoms with Gasteiger partial charge in [0.15, 0.2) is 6.10 Å². The number of rotatable bonds is 48. The van der Waals surface area contributed by atoms with Gasteiger partial charge < -0.3 is 18.9 Å². The van der Waals surface area contributed by atoms with Crippen LogP contribution in [0.2, 0.25) is 0 Å². The van der Waals surface area contributed by atoms with E-state index in [1.165, 1.54) is 0 Å². The lowest BCUT2D eigenvalue weighted by molar-refractivity contribution is -0.870. The van der Waals surface area contributed by atoms with Gasteiger partial charge in [0.25, 0.3) is 0 Å². The zero-order chi connectivity index (χ0) is 54.2. The van der Waals surface area contributed by atoms with E-state index in [9.17, 15) is 19.0 Å². The number of hydrogen-bond acceptors (Lipinski definition) is 7. The third-order valence-corrected chi connectivity index (χ3v) is 11.7. The highest BCUT2D eigenvalue weighted by atomic mass is 31.2.